The fourth-order valence-corrected chi connectivity index (χ4v) is 5.50. The van der Waals surface area contributed by atoms with Crippen LogP contribution in [0.25, 0.3) is 0 Å². The Morgan fingerprint density at radius 1 is 1.10 bits per heavy atom. The van der Waals surface area contributed by atoms with Gasteiger partial charge in [0, 0.05) is 43.2 Å². The van der Waals surface area contributed by atoms with Crippen LogP contribution in [0.1, 0.15) is 44.2 Å². The van der Waals surface area contributed by atoms with E-state index in [1.807, 2.05) is 30.8 Å². The van der Waals surface area contributed by atoms with E-state index in [-0.39, 0.29) is 23.6 Å². The Labute approximate surface area is 243 Å². The summed E-state index contributed by atoms with van der Waals surface area (Å²) in [7, 11) is 3.06. The Balaban J connectivity index is 1.48. The molecule has 210 valence electrons. The number of ether oxygens (including phenoxy) is 2. The first-order valence-electron chi connectivity index (χ1n) is 13.1. The molecule has 9 nitrogen and oxygen atoms in total. The van der Waals surface area contributed by atoms with Crippen molar-refractivity contribution in [3.63, 3.8) is 0 Å². The number of methoxy groups -OCH3 is 2. The van der Waals surface area contributed by atoms with Crippen LogP contribution in [0.4, 0.5) is 11.8 Å². The minimum atomic E-state index is -0.211. The zero-order chi connectivity index (χ0) is 28.9. The van der Waals surface area contributed by atoms with Crippen molar-refractivity contribution in [2.24, 2.45) is 0 Å². The number of nitrogens with zero attached hydrogens (tertiary/aromatic N) is 4. The van der Waals surface area contributed by atoms with Gasteiger partial charge in [0.15, 0.2) is 17.3 Å². The molecule has 0 aliphatic carbocycles. The molecule has 0 saturated heterocycles. The topological polar surface area (TPSA) is 129 Å². The van der Waals surface area contributed by atoms with Crippen LogP contribution in [-0.4, -0.2) is 52.7 Å². The SMILES string of the molecule is COc1cc(Cc2cnc(N)nc2N)cc(C(=O)/C=C/N2CCc3ccccc3C2c2ccc(SC)nc2)c1OC. The van der Waals surface area contributed by atoms with Crippen LogP contribution in [-0.2, 0) is 12.8 Å². The Morgan fingerprint density at radius 3 is 2.63 bits per heavy atom. The second-order valence-electron chi connectivity index (χ2n) is 9.60. The lowest BCUT2D eigenvalue weighted by Gasteiger charge is -2.37. The maximum atomic E-state index is 13.7. The minimum absolute atomic E-state index is 0.0661. The van der Waals surface area contributed by atoms with Crippen molar-refractivity contribution in [3.05, 3.63) is 107 Å². The number of carbonyl (C=O) groups is 1. The number of benzene rings is 2. The van der Waals surface area contributed by atoms with E-state index in [1.54, 1.807) is 37.2 Å². The summed E-state index contributed by atoms with van der Waals surface area (Å²) in [5.41, 5.74) is 17.2. The molecule has 1 aliphatic heterocycles. The standard InChI is InChI=1S/C31H32N6O3S/c1-39-26-16-19(14-22-18-35-31(33)36-30(22)32)15-24(29(26)40-2)25(38)11-13-37-12-10-20-6-4-5-7-23(20)28(37)21-8-9-27(41-3)34-17-21/h4-9,11,13,15-18,28H,10,12,14H2,1-3H3,(H4,32,33,35,36)/b13-11+. The summed E-state index contributed by atoms with van der Waals surface area (Å²) in [4.78, 5) is 28.6. The van der Waals surface area contributed by atoms with Gasteiger partial charge in [0.25, 0.3) is 0 Å². The molecule has 1 atom stereocenters. The van der Waals surface area contributed by atoms with Gasteiger partial charge < -0.3 is 25.8 Å². The highest BCUT2D eigenvalue weighted by Crippen LogP contribution is 2.37. The van der Waals surface area contributed by atoms with E-state index >= 15 is 0 Å². The smallest absolute Gasteiger partial charge is 0.221 e. The highest BCUT2D eigenvalue weighted by molar-refractivity contribution is 7.98. The second kappa shape index (κ2) is 12.3. The molecule has 5 rings (SSSR count). The number of hydrogen-bond acceptors (Lipinski definition) is 10. The number of anilines is 2. The predicted octanol–water partition coefficient (Wildman–Crippen LogP) is 4.71. The molecular formula is C31H32N6O3S. The number of rotatable bonds is 9. The van der Waals surface area contributed by atoms with Gasteiger partial charge in [0.2, 0.25) is 5.95 Å². The predicted molar refractivity (Wildman–Crippen MR) is 161 cm³/mol. The van der Waals surface area contributed by atoms with Gasteiger partial charge in [-0.05, 0) is 53.1 Å². The van der Waals surface area contributed by atoms with E-state index in [9.17, 15) is 4.79 Å². The van der Waals surface area contributed by atoms with Crippen molar-refractivity contribution in [3.8, 4) is 11.5 Å². The molecule has 1 aliphatic rings. The van der Waals surface area contributed by atoms with Crippen molar-refractivity contribution in [2.75, 3.05) is 38.5 Å². The van der Waals surface area contributed by atoms with E-state index in [1.165, 1.54) is 18.2 Å². The first-order chi connectivity index (χ1) is 19.9. The van der Waals surface area contributed by atoms with Crippen molar-refractivity contribution >= 4 is 29.3 Å². The number of hydrogen-bond donors (Lipinski definition) is 2. The molecule has 0 spiro atoms. The summed E-state index contributed by atoms with van der Waals surface area (Å²) >= 11 is 1.61. The van der Waals surface area contributed by atoms with E-state index in [0.29, 0.717) is 29.0 Å². The van der Waals surface area contributed by atoms with Crippen LogP contribution in [0.5, 0.6) is 11.5 Å². The van der Waals surface area contributed by atoms with Crippen LogP contribution < -0.4 is 20.9 Å². The number of nitrogens with two attached hydrogens (primary N) is 2. The Hall–Kier alpha value is -4.57. The van der Waals surface area contributed by atoms with Gasteiger partial charge in [-0.2, -0.15) is 4.98 Å². The third-order valence-electron chi connectivity index (χ3n) is 7.14. The lowest BCUT2D eigenvalue weighted by molar-refractivity contribution is 0.104. The molecule has 2 aromatic heterocycles. The summed E-state index contributed by atoms with van der Waals surface area (Å²) in [6, 6.07) is 16.1. The van der Waals surface area contributed by atoms with E-state index < -0.39 is 0 Å². The highest BCUT2D eigenvalue weighted by atomic mass is 32.2. The molecule has 3 heterocycles. The van der Waals surface area contributed by atoms with Gasteiger partial charge >= 0.3 is 0 Å². The maximum absolute atomic E-state index is 13.7. The summed E-state index contributed by atoms with van der Waals surface area (Å²) < 4.78 is 11.2. The molecular weight excluding hydrogens is 536 g/mol. The summed E-state index contributed by atoms with van der Waals surface area (Å²) in [5.74, 6) is 0.994. The average molecular weight is 569 g/mol. The van der Waals surface area contributed by atoms with Crippen molar-refractivity contribution in [2.45, 2.75) is 23.9 Å². The highest BCUT2D eigenvalue weighted by Gasteiger charge is 2.27. The van der Waals surface area contributed by atoms with Crippen LogP contribution in [0, 0.1) is 0 Å². The molecule has 4 N–H and O–H groups in total. The molecule has 2 aromatic carbocycles. The number of aromatic nitrogens is 3. The number of nitrogen functional groups attached to an aromatic ring is 2. The number of allylic oxidation sites excluding steroid dienone is 1. The normalized spacial score (nSPS) is 14.6. The van der Waals surface area contributed by atoms with Gasteiger partial charge in [0.1, 0.15) is 5.82 Å². The largest absolute Gasteiger partial charge is 0.493 e. The lowest BCUT2D eigenvalue weighted by atomic mass is 9.89. The first-order valence-corrected chi connectivity index (χ1v) is 14.3. The molecule has 0 radical (unpaired) electrons. The monoisotopic (exact) mass is 568 g/mol. The quantitative estimate of drug-likeness (QED) is 0.166. The Bertz CT molecular complexity index is 1590. The Kier molecular flexibility index (Phi) is 8.39. The lowest BCUT2D eigenvalue weighted by Crippen LogP contribution is -2.32. The summed E-state index contributed by atoms with van der Waals surface area (Å²) in [5, 5.41) is 0.961. The molecule has 0 bridgehead atoms. The van der Waals surface area contributed by atoms with Crippen LogP contribution in [0.2, 0.25) is 0 Å². The Morgan fingerprint density at radius 2 is 1.93 bits per heavy atom. The van der Waals surface area contributed by atoms with E-state index in [2.05, 4.69) is 50.2 Å². The molecule has 41 heavy (non-hydrogen) atoms. The van der Waals surface area contributed by atoms with Crippen LogP contribution in [0.15, 0.2) is 78.2 Å². The average Bonchev–Trinajstić information content (AvgIpc) is 3.00. The first kappa shape index (κ1) is 28.0. The zero-order valence-corrected chi connectivity index (χ0v) is 24.0. The maximum Gasteiger partial charge on any atom is 0.221 e. The third kappa shape index (κ3) is 5.97. The second-order valence-corrected chi connectivity index (χ2v) is 10.4. The van der Waals surface area contributed by atoms with Gasteiger partial charge in [0.05, 0.1) is 30.9 Å². The number of ketones is 1. The fraction of sp³-hybridized carbons (Fsp3) is 0.226. The van der Waals surface area contributed by atoms with Gasteiger partial charge in [-0.3, -0.25) is 4.79 Å². The van der Waals surface area contributed by atoms with Gasteiger partial charge in [-0.1, -0.05) is 30.3 Å². The van der Waals surface area contributed by atoms with E-state index in [4.69, 9.17) is 20.9 Å². The molecule has 1 unspecified atom stereocenters. The van der Waals surface area contributed by atoms with Gasteiger partial charge in [-0.25, -0.2) is 9.97 Å². The fourth-order valence-electron chi connectivity index (χ4n) is 5.14. The molecule has 4 aromatic rings. The van der Waals surface area contributed by atoms with Crippen LogP contribution >= 0.6 is 11.8 Å². The zero-order valence-electron chi connectivity index (χ0n) is 23.2. The third-order valence-corrected chi connectivity index (χ3v) is 7.80. The van der Waals surface area contributed by atoms with E-state index in [0.717, 1.165) is 29.1 Å². The minimum Gasteiger partial charge on any atom is -0.493 e. The summed E-state index contributed by atoms with van der Waals surface area (Å²) in [6.07, 6.45) is 10.2. The number of thioether (sulfide) groups is 1. The number of pyridine rings is 1. The van der Waals surface area contributed by atoms with Crippen LogP contribution in [0.3, 0.4) is 0 Å². The number of fused-ring (bicyclic) bond motifs is 1. The molecule has 0 fully saturated rings. The van der Waals surface area contributed by atoms with Crippen molar-refractivity contribution in [1.82, 2.24) is 19.9 Å². The van der Waals surface area contributed by atoms with Crippen molar-refractivity contribution in [1.29, 1.82) is 0 Å². The molecule has 0 saturated carbocycles. The summed E-state index contributed by atoms with van der Waals surface area (Å²) in [6.45, 7) is 0.757. The number of carbonyl (C=O) groups excluding carboxylic acids is 1. The van der Waals surface area contributed by atoms with Gasteiger partial charge in [-0.15, -0.1) is 11.8 Å². The molecule has 0 amide bonds. The van der Waals surface area contributed by atoms with Crippen molar-refractivity contribution < 1.29 is 14.3 Å². The molecule has 10 heteroatoms.